The van der Waals surface area contributed by atoms with Crippen molar-refractivity contribution in [3.8, 4) is 17.1 Å². The highest BCUT2D eigenvalue weighted by Gasteiger charge is 2.14. The Hall–Kier alpha value is -3.17. The lowest BCUT2D eigenvalue weighted by Gasteiger charge is -2.06. The van der Waals surface area contributed by atoms with Gasteiger partial charge in [0.25, 0.3) is 5.91 Å². The van der Waals surface area contributed by atoms with E-state index in [1.165, 1.54) is 18.0 Å². The van der Waals surface area contributed by atoms with Crippen molar-refractivity contribution >= 4 is 50.6 Å². The molecule has 31 heavy (non-hydrogen) atoms. The van der Waals surface area contributed by atoms with E-state index in [4.69, 9.17) is 0 Å². The Labute approximate surface area is 191 Å². The molecule has 0 aliphatic rings. The maximum Gasteiger partial charge on any atom is 0.250 e. The second-order valence-electron chi connectivity index (χ2n) is 6.65. The average Bonchev–Trinajstić information content (AvgIpc) is 3.14. The lowest BCUT2D eigenvalue weighted by atomic mass is 10.0. The number of hydrazone groups is 1. The van der Waals surface area contributed by atoms with Crippen molar-refractivity contribution in [2.45, 2.75) is 5.16 Å². The molecule has 0 unspecified atom stereocenters. The molecule has 2 N–H and O–H groups in total. The van der Waals surface area contributed by atoms with Gasteiger partial charge in [-0.25, -0.2) is 5.43 Å². The van der Waals surface area contributed by atoms with Gasteiger partial charge in [-0.1, -0.05) is 76.2 Å². The third-order valence-electron chi connectivity index (χ3n) is 4.61. The van der Waals surface area contributed by atoms with E-state index in [0.29, 0.717) is 16.5 Å². The van der Waals surface area contributed by atoms with Gasteiger partial charge in [-0.15, -0.1) is 10.2 Å². The number of phenolic OH excluding ortho intramolecular Hbond substituents is 1. The average molecular weight is 496 g/mol. The molecule has 156 valence electrons. The van der Waals surface area contributed by atoms with Crippen molar-refractivity contribution in [3.05, 3.63) is 70.7 Å². The van der Waals surface area contributed by atoms with Crippen molar-refractivity contribution < 1.29 is 9.90 Å². The lowest BCUT2D eigenvalue weighted by Crippen LogP contribution is -2.20. The van der Waals surface area contributed by atoms with E-state index in [1.54, 1.807) is 6.07 Å². The standard InChI is InChI=1S/C22H18BrN5O2S/c1-28-21(16-8-4-5-9-18(16)23)26-27-22(28)31-13-20(30)25-24-12-17-15-7-3-2-6-14(15)10-11-19(17)29/h2-12,29H,13H2,1H3,(H,25,30)/b24-12-. The minimum atomic E-state index is -0.286. The van der Waals surface area contributed by atoms with Gasteiger partial charge in [0, 0.05) is 22.6 Å². The first-order valence-electron chi connectivity index (χ1n) is 9.34. The van der Waals surface area contributed by atoms with Crippen LogP contribution in [0.1, 0.15) is 5.56 Å². The van der Waals surface area contributed by atoms with Gasteiger partial charge in [-0.3, -0.25) is 4.79 Å². The molecule has 4 rings (SSSR count). The topological polar surface area (TPSA) is 92.4 Å². The summed E-state index contributed by atoms with van der Waals surface area (Å²) in [5.41, 5.74) is 3.97. The molecular weight excluding hydrogens is 478 g/mol. The number of rotatable bonds is 6. The van der Waals surface area contributed by atoms with Gasteiger partial charge in [-0.2, -0.15) is 5.10 Å². The summed E-state index contributed by atoms with van der Waals surface area (Å²) in [6.45, 7) is 0. The first-order valence-corrected chi connectivity index (χ1v) is 11.1. The van der Waals surface area contributed by atoms with Crippen molar-refractivity contribution in [3.63, 3.8) is 0 Å². The second kappa shape index (κ2) is 9.32. The fourth-order valence-corrected chi connectivity index (χ4v) is 4.23. The number of thioether (sulfide) groups is 1. The fourth-order valence-electron chi connectivity index (χ4n) is 3.07. The quantitative estimate of drug-likeness (QED) is 0.235. The molecule has 0 bridgehead atoms. The fraction of sp³-hybridized carbons (Fsp3) is 0.0909. The molecule has 1 amide bonds. The van der Waals surface area contributed by atoms with Crippen LogP contribution in [0.25, 0.3) is 22.2 Å². The van der Waals surface area contributed by atoms with E-state index in [0.717, 1.165) is 20.8 Å². The minimum absolute atomic E-state index is 0.102. The zero-order chi connectivity index (χ0) is 21.8. The molecule has 0 aliphatic carbocycles. The largest absolute Gasteiger partial charge is 0.507 e. The van der Waals surface area contributed by atoms with Gasteiger partial charge in [0.2, 0.25) is 0 Å². The maximum atomic E-state index is 12.2. The molecule has 3 aromatic carbocycles. The Kier molecular flexibility index (Phi) is 6.34. The van der Waals surface area contributed by atoms with Crippen LogP contribution in [-0.2, 0) is 11.8 Å². The lowest BCUT2D eigenvalue weighted by molar-refractivity contribution is -0.118. The highest BCUT2D eigenvalue weighted by atomic mass is 79.9. The van der Waals surface area contributed by atoms with Gasteiger partial charge >= 0.3 is 0 Å². The van der Waals surface area contributed by atoms with E-state index in [9.17, 15) is 9.90 Å². The number of aromatic hydroxyl groups is 1. The van der Waals surface area contributed by atoms with Crippen LogP contribution in [0.2, 0.25) is 0 Å². The third-order valence-corrected chi connectivity index (χ3v) is 6.32. The smallest absolute Gasteiger partial charge is 0.250 e. The molecule has 1 heterocycles. The Morgan fingerprint density at radius 2 is 1.94 bits per heavy atom. The van der Waals surface area contributed by atoms with Crippen LogP contribution in [0.4, 0.5) is 0 Å². The summed E-state index contributed by atoms with van der Waals surface area (Å²) in [4.78, 5) is 12.2. The maximum absolute atomic E-state index is 12.2. The van der Waals surface area contributed by atoms with E-state index in [-0.39, 0.29) is 17.4 Å². The first-order chi connectivity index (χ1) is 15.0. The number of aromatic nitrogens is 3. The number of amides is 1. The number of hydrogen-bond acceptors (Lipinski definition) is 6. The third kappa shape index (κ3) is 4.62. The Morgan fingerprint density at radius 1 is 1.16 bits per heavy atom. The number of benzene rings is 3. The molecular formula is C22H18BrN5O2S. The number of fused-ring (bicyclic) bond motifs is 1. The molecule has 9 heteroatoms. The molecule has 0 fully saturated rings. The van der Waals surface area contributed by atoms with Crippen molar-refractivity contribution in [1.29, 1.82) is 0 Å². The highest BCUT2D eigenvalue weighted by molar-refractivity contribution is 9.10. The minimum Gasteiger partial charge on any atom is -0.507 e. The molecule has 0 radical (unpaired) electrons. The van der Waals surface area contributed by atoms with Crippen molar-refractivity contribution in [2.24, 2.45) is 12.1 Å². The Balaban J connectivity index is 1.40. The zero-order valence-electron chi connectivity index (χ0n) is 16.5. The summed E-state index contributed by atoms with van der Waals surface area (Å²) in [6, 6.07) is 18.9. The van der Waals surface area contributed by atoms with Gasteiger partial charge in [0.1, 0.15) is 5.75 Å². The number of nitrogens with zero attached hydrogens (tertiary/aromatic N) is 4. The number of phenols is 1. The van der Waals surface area contributed by atoms with Gasteiger partial charge in [0.05, 0.1) is 12.0 Å². The van der Waals surface area contributed by atoms with Crippen LogP contribution in [0.15, 0.2) is 75.4 Å². The molecule has 0 atom stereocenters. The number of hydrogen-bond donors (Lipinski definition) is 2. The summed E-state index contributed by atoms with van der Waals surface area (Å²) in [7, 11) is 1.86. The Bertz CT molecular complexity index is 1290. The summed E-state index contributed by atoms with van der Waals surface area (Å²) in [5.74, 6) is 0.650. The van der Waals surface area contributed by atoms with Crippen molar-refractivity contribution in [1.82, 2.24) is 20.2 Å². The van der Waals surface area contributed by atoms with Crippen LogP contribution in [0.5, 0.6) is 5.75 Å². The van der Waals surface area contributed by atoms with Crippen LogP contribution in [0.3, 0.4) is 0 Å². The first kappa shape index (κ1) is 21.1. The summed E-state index contributed by atoms with van der Waals surface area (Å²) >= 11 is 4.79. The Morgan fingerprint density at radius 3 is 2.77 bits per heavy atom. The predicted molar refractivity (Wildman–Crippen MR) is 126 cm³/mol. The van der Waals surface area contributed by atoms with Gasteiger partial charge in [-0.05, 0) is 22.9 Å². The van der Waals surface area contributed by atoms with Gasteiger partial charge < -0.3 is 9.67 Å². The molecule has 0 spiro atoms. The molecule has 7 nitrogen and oxygen atoms in total. The molecule has 4 aromatic rings. The SMILES string of the molecule is Cn1c(SCC(=O)N/N=C\c2c(O)ccc3ccccc23)nnc1-c1ccccc1Br. The number of nitrogens with one attached hydrogen (secondary N) is 1. The van der Waals surface area contributed by atoms with E-state index in [2.05, 4.69) is 36.7 Å². The summed E-state index contributed by atoms with van der Waals surface area (Å²) < 4.78 is 2.76. The molecule has 0 saturated carbocycles. The van der Waals surface area contributed by atoms with Crippen molar-refractivity contribution in [2.75, 3.05) is 5.75 Å². The van der Waals surface area contributed by atoms with Crippen LogP contribution in [0, 0.1) is 0 Å². The zero-order valence-corrected chi connectivity index (χ0v) is 18.9. The van der Waals surface area contributed by atoms with E-state index in [1.807, 2.05) is 66.2 Å². The van der Waals surface area contributed by atoms with Crippen LogP contribution >= 0.6 is 27.7 Å². The summed E-state index contributed by atoms with van der Waals surface area (Å²) in [5, 5.41) is 25.0. The molecule has 1 aromatic heterocycles. The second-order valence-corrected chi connectivity index (χ2v) is 8.44. The monoisotopic (exact) mass is 495 g/mol. The van der Waals surface area contributed by atoms with Crippen LogP contribution < -0.4 is 5.43 Å². The predicted octanol–water partition coefficient (Wildman–Crippen LogP) is 4.35. The highest BCUT2D eigenvalue weighted by Crippen LogP contribution is 2.28. The number of carbonyl (C=O) groups is 1. The van der Waals surface area contributed by atoms with Gasteiger partial charge in [0.15, 0.2) is 11.0 Å². The van der Waals surface area contributed by atoms with Crippen LogP contribution in [-0.4, -0.2) is 37.7 Å². The molecule has 0 aliphatic heterocycles. The summed E-state index contributed by atoms with van der Waals surface area (Å²) in [6.07, 6.45) is 1.45. The number of halogens is 1. The van der Waals surface area contributed by atoms with E-state index >= 15 is 0 Å². The normalized spacial score (nSPS) is 11.3. The molecule has 0 saturated heterocycles. The number of carbonyl (C=O) groups excluding carboxylic acids is 1. The van der Waals surface area contributed by atoms with E-state index < -0.39 is 0 Å².